The highest BCUT2D eigenvalue weighted by Crippen LogP contribution is 2.37. The molecule has 1 aromatic heterocycles. The second-order valence-electron chi connectivity index (χ2n) is 6.26. The van der Waals surface area contributed by atoms with E-state index in [9.17, 15) is 9.90 Å². The minimum atomic E-state index is -1.16. The number of hydrogen-bond donors (Lipinski definition) is 2. The number of hydrogen-bond acceptors (Lipinski definition) is 8. The molecule has 0 spiro atoms. The average molecular weight is 442 g/mol. The first-order valence-electron chi connectivity index (χ1n) is 9.51. The summed E-state index contributed by atoms with van der Waals surface area (Å²) in [6.07, 6.45) is 1.13. The van der Waals surface area contributed by atoms with Crippen molar-refractivity contribution in [3.05, 3.63) is 46.8 Å². The van der Waals surface area contributed by atoms with Crippen LogP contribution in [0.25, 0.3) is 21.8 Å². The van der Waals surface area contributed by atoms with Crippen LogP contribution in [-0.2, 0) is 0 Å². The van der Waals surface area contributed by atoms with Crippen LogP contribution < -0.4 is 14.2 Å². The Kier molecular flexibility index (Phi) is 7.09. The number of benzene rings is 2. The summed E-state index contributed by atoms with van der Waals surface area (Å²) in [4.78, 5) is 16.4. The van der Waals surface area contributed by atoms with Gasteiger partial charge < -0.3 is 24.5 Å². The highest BCUT2D eigenvalue weighted by molar-refractivity contribution is 7.13. The lowest BCUT2D eigenvalue weighted by Crippen LogP contribution is -2.04. The molecule has 9 heteroatoms. The number of nitrogens with zero attached hydrogens (tertiary/aromatic N) is 2. The Morgan fingerprint density at radius 3 is 2.52 bits per heavy atom. The predicted octanol–water partition coefficient (Wildman–Crippen LogP) is 4.79. The summed E-state index contributed by atoms with van der Waals surface area (Å²) in [5, 5.41) is 24.1. The van der Waals surface area contributed by atoms with Crippen LogP contribution in [-0.4, -0.2) is 47.8 Å². The van der Waals surface area contributed by atoms with Crippen LogP contribution in [0.2, 0.25) is 0 Å². The third-order valence-corrected chi connectivity index (χ3v) is 5.23. The topological polar surface area (TPSA) is 110 Å². The Hall–Kier alpha value is -3.59. The lowest BCUT2D eigenvalue weighted by molar-refractivity contribution is 0.0693. The van der Waals surface area contributed by atoms with E-state index >= 15 is 0 Å². The van der Waals surface area contributed by atoms with Crippen molar-refractivity contribution in [2.45, 2.75) is 13.8 Å². The Morgan fingerprint density at radius 1 is 1.13 bits per heavy atom. The number of oxime groups is 1. The van der Waals surface area contributed by atoms with Crippen molar-refractivity contribution >= 4 is 23.5 Å². The molecular weight excluding hydrogens is 420 g/mol. The zero-order valence-electron chi connectivity index (χ0n) is 17.3. The first-order valence-corrected chi connectivity index (χ1v) is 10.4. The molecule has 0 unspecified atom stereocenters. The van der Waals surface area contributed by atoms with Crippen molar-refractivity contribution in [2.24, 2.45) is 5.16 Å². The number of carbonyl (C=O) groups is 1. The van der Waals surface area contributed by atoms with Crippen LogP contribution in [0.15, 0.2) is 40.9 Å². The summed E-state index contributed by atoms with van der Waals surface area (Å²) in [6, 6.07) is 8.76. The SMILES string of the molecule is CCOc1ccc(-c2nc(-c3cc(/C=N/O)c(OC)c(C(=O)O)c3)cs2)cc1OCC. The maximum Gasteiger partial charge on any atom is 0.339 e. The van der Waals surface area contributed by atoms with Gasteiger partial charge in [0.15, 0.2) is 11.5 Å². The van der Waals surface area contributed by atoms with E-state index in [4.69, 9.17) is 19.4 Å². The minimum Gasteiger partial charge on any atom is -0.495 e. The summed E-state index contributed by atoms with van der Waals surface area (Å²) in [7, 11) is 1.36. The van der Waals surface area contributed by atoms with Crippen molar-refractivity contribution in [3.8, 4) is 39.1 Å². The molecule has 0 saturated heterocycles. The predicted molar refractivity (Wildman–Crippen MR) is 118 cm³/mol. The van der Waals surface area contributed by atoms with E-state index < -0.39 is 5.97 Å². The maximum absolute atomic E-state index is 11.7. The number of thiazole rings is 1. The van der Waals surface area contributed by atoms with E-state index in [2.05, 4.69) is 10.1 Å². The van der Waals surface area contributed by atoms with Gasteiger partial charge in [-0.1, -0.05) is 5.16 Å². The zero-order chi connectivity index (χ0) is 22.4. The largest absolute Gasteiger partial charge is 0.495 e. The van der Waals surface area contributed by atoms with Gasteiger partial charge in [0, 0.05) is 22.1 Å². The number of ether oxygens (including phenoxy) is 3. The molecule has 2 N–H and O–H groups in total. The molecule has 0 aliphatic rings. The van der Waals surface area contributed by atoms with Gasteiger partial charge >= 0.3 is 5.97 Å². The van der Waals surface area contributed by atoms with E-state index in [1.807, 2.05) is 37.4 Å². The maximum atomic E-state index is 11.7. The number of carboxylic acids is 1. The first-order chi connectivity index (χ1) is 15.0. The third kappa shape index (κ3) is 4.77. The number of aromatic nitrogens is 1. The summed E-state index contributed by atoms with van der Waals surface area (Å²) in [6.45, 7) is 4.85. The van der Waals surface area contributed by atoms with Crippen molar-refractivity contribution in [1.29, 1.82) is 0 Å². The van der Waals surface area contributed by atoms with Gasteiger partial charge in [-0.15, -0.1) is 11.3 Å². The van der Waals surface area contributed by atoms with Crippen molar-refractivity contribution in [1.82, 2.24) is 4.98 Å². The van der Waals surface area contributed by atoms with Crippen LogP contribution in [0.4, 0.5) is 0 Å². The van der Waals surface area contributed by atoms with E-state index in [1.165, 1.54) is 24.5 Å². The molecule has 0 bridgehead atoms. The highest BCUT2D eigenvalue weighted by atomic mass is 32.1. The Balaban J connectivity index is 2.04. The van der Waals surface area contributed by atoms with E-state index in [0.29, 0.717) is 41.5 Å². The Morgan fingerprint density at radius 2 is 1.87 bits per heavy atom. The quantitative estimate of drug-likeness (QED) is 0.278. The lowest BCUT2D eigenvalue weighted by atomic mass is 10.0. The van der Waals surface area contributed by atoms with E-state index in [0.717, 1.165) is 16.8 Å². The van der Waals surface area contributed by atoms with E-state index in [1.54, 1.807) is 6.07 Å². The van der Waals surface area contributed by atoms with Crippen LogP contribution in [0.1, 0.15) is 29.8 Å². The van der Waals surface area contributed by atoms with Gasteiger partial charge in [0.25, 0.3) is 0 Å². The third-order valence-electron chi connectivity index (χ3n) is 4.34. The number of rotatable bonds is 9. The second-order valence-corrected chi connectivity index (χ2v) is 7.12. The lowest BCUT2D eigenvalue weighted by Gasteiger charge is -2.11. The molecule has 0 aliphatic heterocycles. The van der Waals surface area contributed by atoms with E-state index in [-0.39, 0.29) is 11.3 Å². The molecule has 0 amide bonds. The molecule has 31 heavy (non-hydrogen) atoms. The molecule has 1 heterocycles. The first kappa shape index (κ1) is 22.1. The molecule has 0 fully saturated rings. The summed E-state index contributed by atoms with van der Waals surface area (Å²) >= 11 is 1.42. The van der Waals surface area contributed by atoms with Gasteiger partial charge in [-0.05, 0) is 44.2 Å². The van der Waals surface area contributed by atoms with Gasteiger partial charge in [-0.25, -0.2) is 9.78 Å². The summed E-state index contributed by atoms with van der Waals surface area (Å²) in [5.41, 5.74) is 2.28. The minimum absolute atomic E-state index is 0.0517. The van der Waals surface area contributed by atoms with Crippen LogP contribution in [0.3, 0.4) is 0 Å². The number of aromatic carboxylic acids is 1. The van der Waals surface area contributed by atoms with Gasteiger partial charge in [0.1, 0.15) is 16.3 Å². The van der Waals surface area contributed by atoms with Gasteiger partial charge in [-0.3, -0.25) is 0 Å². The number of methoxy groups -OCH3 is 1. The summed E-state index contributed by atoms with van der Waals surface area (Å²) in [5.74, 6) is 0.253. The van der Waals surface area contributed by atoms with Crippen LogP contribution in [0.5, 0.6) is 17.2 Å². The standard InChI is InChI=1S/C22H22N2O6S/c1-4-29-18-7-6-13(10-19(18)30-5-2)21-24-17(12-31-21)14-8-15(11-23-27)20(28-3)16(9-14)22(25)26/h6-12,27H,4-5H2,1-3H3,(H,25,26)/b23-11+. The number of carboxylic acid groups (broad SMARTS) is 1. The normalized spacial score (nSPS) is 10.9. The molecule has 2 aromatic carbocycles. The van der Waals surface area contributed by atoms with Gasteiger partial charge in [-0.2, -0.15) is 0 Å². The second kappa shape index (κ2) is 9.94. The molecular formula is C22H22N2O6S. The molecule has 162 valence electrons. The average Bonchev–Trinajstić information content (AvgIpc) is 3.25. The fourth-order valence-corrected chi connectivity index (χ4v) is 3.89. The molecule has 3 rings (SSSR count). The Bertz CT molecular complexity index is 1110. The smallest absolute Gasteiger partial charge is 0.339 e. The molecule has 0 radical (unpaired) electrons. The molecule has 0 saturated carbocycles. The fraction of sp³-hybridized carbons (Fsp3) is 0.227. The molecule has 0 aliphatic carbocycles. The van der Waals surface area contributed by atoms with Crippen molar-refractivity contribution in [2.75, 3.05) is 20.3 Å². The molecule has 8 nitrogen and oxygen atoms in total. The molecule has 0 atom stereocenters. The van der Waals surface area contributed by atoms with Crippen LogP contribution >= 0.6 is 11.3 Å². The Labute approximate surface area is 183 Å². The zero-order valence-corrected chi connectivity index (χ0v) is 18.1. The highest BCUT2D eigenvalue weighted by Gasteiger charge is 2.19. The van der Waals surface area contributed by atoms with Gasteiger partial charge in [0.2, 0.25) is 0 Å². The monoisotopic (exact) mass is 442 g/mol. The summed E-state index contributed by atoms with van der Waals surface area (Å²) < 4.78 is 16.5. The van der Waals surface area contributed by atoms with Crippen LogP contribution in [0, 0.1) is 0 Å². The van der Waals surface area contributed by atoms with Crippen molar-refractivity contribution in [3.63, 3.8) is 0 Å². The van der Waals surface area contributed by atoms with Gasteiger partial charge in [0.05, 0.1) is 32.2 Å². The fourth-order valence-electron chi connectivity index (χ4n) is 3.07. The van der Waals surface area contributed by atoms with Crippen molar-refractivity contribution < 1.29 is 29.3 Å². The molecule has 3 aromatic rings.